The maximum atomic E-state index is 14.2. The van der Waals surface area contributed by atoms with Crippen molar-refractivity contribution in [1.82, 2.24) is 9.88 Å². The molecule has 0 spiro atoms. The third kappa shape index (κ3) is 6.47. The van der Waals surface area contributed by atoms with Crippen LogP contribution < -0.4 is 10.9 Å². The van der Waals surface area contributed by atoms with Crippen LogP contribution in [0.1, 0.15) is 39.7 Å². The van der Waals surface area contributed by atoms with Crippen molar-refractivity contribution in [3.63, 3.8) is 0 Å². The summed E-state index contributed by atoms with van der Waals surface area (Å²) < 4.78 is 27.8. The van der Waals surface area contributed by atoms with E-state index in [0.29, 0.717) is 10.9 Å². The van der Waals surface area contributed by atoms with Crippen molar-refractivity contribution in [2.24, 2.45) is 0 Å². The number of hydrogen-bond donors (Lipinski definition) is 2. The molecule has 2 aromatic rings. The third-order valence-corrected chi connectivity index (χ3v) is 4.21. The molecule has 0 bridgehead atoms. The van der Waals surface area contributed by atoms with Crippen LogP contribution >= 0.6 is 0 Å². The fourth-order valence-electron chi connectivity index (χ4n) is 2.68. The number of nitrogens with one attached hydrogen (secondary N) is 1. The molecule has 0 aliphatic heterocycles. The van der Waals surface area contributed by atoms with Crippen LogP contribution in [0.15, 0.2) is 35.3 Å². The van der Waals surface area contributed by atoms with Gasteiger partial charge in [0.25, 0.3) is 5.56 Å². The number of alkyl halides is 2. The summed E-state index contributed by atoms with van der Waals surface area (Å²) in [5.74, 6) is -3.27. The number of benzene rings is 1. The van der Waals surface area contributed by atoms with Gasteiger partial charge in [-0.05, 0) is 36.9 Å². The number of hydrogen-bond acceptors (Lipinski definition) is 4. The van der Waals surface area contributed by atoms with Gasteiger partial charge in [0.15, 0.2) is 5.78 Å². The Morgan fingerprint density at radius 1 is 1.20 bits per heavy atom. The summed E-state index contributed by atoms with van der Waals surface area (Å²) in [4.78, 5) is 47.0. The van der Waals surface area contributed by atoms with Crippen LogP contribution in [0, 0.1) is 0 Å². The molecule has 2 N–H and O–H groups in total. The Bertz CT molecular complexity index is 980. The molecule has 1 unspecified atom stereocenters. The number of Topliss-reactive ketones (excluding diaryl/α,β-unsaturated/α-hetero) is 1. The number of carboxylic acids is 1. The fraction of sp³-hybridized carbons (Fsp3) is 0.429. The van der Waals surface area contributed by atoms with Crippen molar-refractivity contribution >= 4 is 28.4 Å². The summed E-state index contributed by atoms with van der Waals surface area (Å²) in [5.41, 5.74) is -1.91. The summed E-state index contributed by atoms with van der Waals surface area (Å²) in [5, 5.41) is 11.7. The molecule has 0 radical (unpaired) electrons. The van der Waals surface area contributed by atoms with Crippen LogP contribution in [-0.2, 0) is 26.6 Å². The number of aromatic nitrogens is 1. The van der Waals surface area contributed by atoms with Crippen molar-refractivity contribution in [3.8, 4) is 0 Å². The largest absolute Gasteiger partial charge is 0.481 e. The zero-order valence-corrected chi connectivity index (χ0v) is 17.4. The summed E-state index contributed by atoms with van der Waals surface area (Å²) in [6, 6.07) is 4.62. The van der Waals surface area contributed by atoms with Crippen molar-refractivity contribution in [2.75, 3.05) is 6.67 Å². The van der Waals surface area contributed by atoms with Crippen molar-refractivity contribution < 1.29 is 28.3 Å². The van der Waals surface area contributed by atoms with Crippen molar-refractivity contribution in [1.29, 1.82) is 0 Å². The van der Waals surface area contributed by atoms with Crippen LogP contribution in [0.4, 0.5) is 8.78 Å². The normalized spacial score (nSPS) is 11.9. The van der Waals surface area contributed by atoms with E-state index in [1.807, 2.05) is 13.8 Å². The average molecular weight is 424 g/mol. The first-order chi connectivity index (χ1) is 14.0. The molecular weight excluding hydrogens is 398 g/mol. The second-order valence-corrected chi connectivity index (χ2v) is 6.84. The number of ketones is 1. The monoisotopic (exact) mass is 424 g/mol. The van der Waals surface area contributed by atoms with Crippen LogP contribution in [0.5, 0.6) is 0 Å². The van der Waals surface area contributed by atoms with Gasteiger partial charge in [0.2, 0.25) is 5.91 Å². The summed E-state index contributed by atoms with van der Waals surface area (Å²) in [6.07, 6.45) is 0.587. The molecule has 1 amide bonds. The highest BCUT2D eigenvalue weighted by molar-refractivity contribution is 5.92. The predicted molar refractivity (Wildman–Crippen MR) is 109 cm³/mol. The first-order valence-electron chi connectivity index (χ1n) is 9.45. The third-order valence-electron chi connectivity index (χ3n) is 4.21. The maximum Gasteiger partial charge on any atom is 0.305 e. The van der Waals surface area contributed by atoms with Crippen molar-refractivity contribution in [2.45, 2.75) is 52.4 Å². The second kappa shape index (κ2) is 10.6. The standard InChI is InChI=1S/C19H20F2N2O5.C2H6/c1-19(2,21)12-4-3-11-5-6-23(18(28)13(11)7-12)10-16(25)22-14(8-17(26)27)15(24)9-20;1-2/h3-7,14H,8-10H2,1-2H3,(H,22,25)(H,26,27);1-2H3. The van der Waals surface area contributed by atoms with Gasteiger partial charge in [0.05, 0.1) is 6.42 Å². The highest BCUT2D eigenvalue weighted by Crippen LogP contribution is 2.26. The number of carboxylic acid groups (broad SMARTS) is 1. The molecular formula is C21H26F2N2O5. The Kier molecular flexibility index (Phi) is 8.82. The summed E-state index contributed by atoms with van der Waals surface area (Å²) in [6.45, 7) is 4.78. The maximum absolute atomic E-state index is 14.2. The van der Waals surface area contributed by atoms with Crippen LogP contribution in [-0.4, -0.2) is 40.0 Å². The minimum atomic E-state index is -1.66. The van der Waals surface area contributed by atoms with Gasteiger partial charge in [-0.3, -0.25) is 19.2 Å². The lowest BCUT2D eigenvalue weighted by atomic mass is 9.97. The Hall–Kier alpha value is -3.10. The quantitative estimate of drug-likeness (QED) is 0.678. The molecule has 0 saturated heterocycles. The number of amides is 1. The van der Waals surface area contributed by atoms with Gasteiger partial charge in [-0.15, -0.1) is 0 Å². The molecule has 0 fully saturated rings. The molecule has 0 saturated carbocycles. The van der Waals surface area contributed by atoms with Gasteiger partial charge in [-0.2, -0.15) is 0 Å². The van der Waals surface area contributed by atoms with E-state index >= 15 is 0 Å². The van der Waals surface area contributed by atoms with E-state index in [9.17, 15) is 28.0 Å². The minimum Gasteiger partial charge on any atom is -0.481 e. The lowest BCUT2D eigenvalue weighted by Crippen LogP contribution is -2.45. The van der Waals surface area contributed by atoms with Gasteiger partial charge in [-0.1, -0.05) is 26.0 Å². The Balaban J connectivity index is 0.00000218. The smallest absolute Gasteiger partial charge is 0.305 e. The van der Waals surface area contributed by atoms with Gasteiger partial charge in [0, 0.05) is 11.6 Å². The Morgan fingerprint density at radius 3 is 2.37 bits per heavy atom. The lowest BCUT2D eigenvalue weighted by molar-refractivity contribution is -0.140. The molecule has 164 valence electrons. The molecule has 7 nitrogen and oxygen atoms in total. The Labute approximate surface area is 172 Å². The van der Waals surface area contributed by atoms with Gasteiger partial charge >= 0.3 is 5.97 Å². The van der Waals surface area contributed by atoms with Crippen LogP contribution in [0.2, 0.25) is 0 Å². The van der Waals surface area contributed by atoms with E-state index in [2.05, 4.69) is 5.32 Å². The number of aliphatic carboxylic acids is 1. The SMILES string of the molecule is CC.CC(C)(F)c1ccc2ccn(CC(=O)NC(CC(=O)O)C(=O)CF)c(=O)c2c1. The lowest BCUT2D eigenvalue weighted by Gasteiger charge is -2.16. The number of pyridine rings is 1. The molecule has 9 heteroatoms. The highest BCUT2D eigenvalue weighted by atomic mass is 19.1. The van der Waals surface area contributed by atoms with E-state index < -0.39 is 54.6 Å². The van der Waals surface area contributed by atoms with E-state index in [0.717, 1.165) is 4.57 Å². The van der Waals surface area contributed by atoms with Gasteiger partial charge in [-0.25, -0.2) is 8.78 Å². The zero-order valence-electron chi connectivity index (χ0n) is 17.4. The minimum absolute atomic E-state index is 0.209. The van der Waals surface area contributed by atoms with E-state index in [-0.39, 0.29) is 5.39 Å². The molecule has 1 heterocycles. The van der Waals surface area contributed by atoms with Crippen LogP contribution in [0.25, 0.3) is 10.8 Å². The first-order valence-corrected chi connectivity index (χ1v) is 9.45. The van der Waals surface area contributed by atoms with E-state index in [4.69, 9.17) is 5.11 Å². The molecule has 1 aromatic carbocycles. The average Bonchev–Trinajstić information content (AvgIpc) is 2.69. The number of fused-ring (bicyclic) bond motifs is 1. The second-order valence-electron chi connectivity index (χ2n) is 6.84. The topological polar surface area (TPSA) is 105 Å². The summed E-state index contributed by atoms with van der Waals surface area (Å²) >= 11 is 0. The number of carbonyl (C=O) groups excluding carboxylic acids is 2. The number of nitrogens with zero attached hydrogens (tertiary/aromatic N) is 1. The number of rotatable bonds is 8. The molecule has 1 atom stereocenters. The molecule has 0 aliphatic carbocycles. The van der Waals surface area contributed by atoms with E-state index in [1.54, 1.807) is 18.2 Å². The zero-order chi connectivity index (χ0) is 23.1. The molecule has 0 aliphatic rings. The molecule has 1 aromatic heterocycles. The first kappa shape index (κ1) is 24.9. The van der Waals surface area contributed by atoms with Crippen LogP contribution in [0.3, 0.4) is 0 Å². The predicted octanol–water partition coefficient (Wildman–Crippen LogP) is 2.73. The Morgan fingerprint density at radius 2 is 1.83 bits per heavy atom. The summed E-state index contributed by atoms with van der Waals surface area (Å²) in [7, 11) is 0. The highest BCUT2D eigenvalue weighted by Gasteiger charge is 2.24. The fourth-order valence-corrected chi connectivity index (χ4v) is 2.68. The molecule has 2 rings (SSSR count). The van der Waals surface area contributed by atoms with Gasteiger partial charge < -0.3 is 15.0 Å². The van der Waals surface area contributed by atoms with Crippen molar-refractivity contribution in [3.05, 3.63) is 46.4 Å². The van der Waals surface area contributed by atoms with Gasteiger partial charge in [0.1, 0.15) is 24.9 Å². The van der Waals surface area contributed by atoms with E-state index in [1.165, 1.54) is 26.1 Å². The number of halogens is 2. The molecule has 30 heavy (non-hydrogen) atoms. The number of carbonyl (C=O) groups is 3.